The van der Waals surface area contributed by atoms with Crippen LogP contribution in [0.15, 0.2) is 24.3 Å². The van der Waals surface area contributed by atoms with Crippen LogP contribution in [0.3, 0.4) is 0 Å². The molecule has 6 heteroatoms. The lowest BCUT2D eigenvalue weighted by Gasteiger charge is -2.20. The smallest absolute Gasteiger partial charge is 0.305 e. The fourth-order valence-corrected chi connectivity index (χ4v) is 9.34. The lowest BCUT2D eigenvalue weighted by molar-refractivity contribution is -0.143. The Hall–Kier alpha value is -1.66. The number of rotatable bonds is 56. The molecular weight excluding hydrogens is 827 g/mol. The Morgan fingerprint density at radius 2 is 0.701 bits per heavy atom. The monoisotopic (exact) mass is 944 g/mol. The lowest BCUT2D eigenvalue weighted by atomic mass is 10.0. The number of aliphatic hydroxyl groups excluding tert-OH is 2. The van der Waals surface area contributed by atoms with Gasteiger partial charge in [0, 0.05) is 12.8 Å². The second-order valence-electron chi connectivity index (χ2n) is 20.7. The predicted molar refractivity (Wildman–Crippen MR) is 292 cm³/mol. The second-order valence-corrected chi connectivity index (χ2v) is 20.7. The van der Waals surface area contributed by atoms with Crippen molar-refractivity contribution in [1.82, 2.24) is 5.32 Å². The van der Waals surface area contributed by atoms with E-state index >= 15 is 0 Å². The highest BCUT2D eigenvalue weighted by molar-refractivity contribution is 5.76. The van der Waals surface area contributed by atoms with Crippen molar-refractivity contribution in [2.24, 2.45) is 0 Å². The van der Waals surface area contributed by atoms with Crippen LogP contribution in [0.5, 0.6) is 0 Å². The van der Waals surface area contributed by atoms with Crippen molar-refractivity contribution in [3.63, 3.8) is 0 Å². The number of carbonyl (C=O) groups excluding carboxylic acids is 2. The van der Waals surface area contributed by atoms with Crippen molar-refractivity contribution in [3.05, 3.63) is 24.3 Å². The summed E-state index contributed by atoms with van der Waals surface area (Å²) < 4.78 is 5.47. The van der Waals surface area contributed by atoms with E-state index in [2.05, 4.69) is 31.3 Å². The maximum absolute atomic E-state index is 12.5. The number of hydrogen-bond acceptors (Lipinski definition) is 5. The first-order valence-corrected chi connectivity index (χ1v) is 30.1. The molecule has 67 heavy (non-hydrogen) atoms. The molecule has 0 spiro atoms. The fraction of sp³-hybridized carbons (Fsp3) is 0.902. The van der Waals surface area contributed by atoms with Crippen LogP contribution in [0.4, 0.5) is 0 Å². The Kier molecular flexibility index (Phi) is 55.5. The largest absolute Gasteiger partial charge is 0.466 e. The summed E-state index contributed by atoms with van der Waals surface area (Å²) >= 11 is 0. The minimum absolute atomic E-state index is 0.00389. The summed E-state index contributed by atoms with van der Waals surface area (Å²) in [5.41, 5.74) is 0. The normalized spacial score (nSPS) is 12.7. The average molecular weight is 945 g/mol. The molecule has 0 aromatic heterocycles. The Bertz CT molecular complexity index is 1040. The van der Waals surface area contributed by atoms with Crippen molar-refractivity contribution in [2.45, 2.75) is 341 Å². The first kappa shape index (κ1) is 65.3. The molecule has 3 N–H and O–H groups in total. The number of unbranched alkanes of at least 4 members (excludes halogenated alkanes) is 43. The highest BCUT2D eigenvalue weighted by atomic mass is 16.5. The van der Waals surface area contributed by atoms with E-state index in [1.54, 1.807) is 6.08 Å². The first-order chi connectivity index (χ1) is 33.0. The van der Waals surface area contributed by atoms with Gasteiger partial charge >= 0.3 is 5.97 Å². The molecule has 396 valence electrons. The molecule has 1 amide bonds. The number of ether oxygens (including phenoxy) is 1. The Balaban J connectivity index is 3.40. The average Bonchev–Trinajstić information content (AvgIpc) is 3.33. The molecule has 0 fully saturated rings. The first-order valence-electron chi connectivity index (χ1n) is 30.1. The minimum atomic E-state index is -0.843. The van der Waals surface area contributed by atoms with Crippen molar-refractivity contribution in [3.8, 4) is 0 Å². The second kappa shape index (κ2) is 56.9. The number of carbonyl (C=O) groups is 2. The number of esters is 1. The zero-order valence-corrected chi connectivity index (χ0v) is 45.1. The van der Waals surface area contributed by atoms with Gasteiger partial charge in [-0.15, -0.1) is 0 Å². The summed E-state index contributed by atoms with van der Waals surface area (Å²) in [5, 5.41) is 23.1. The van der Waals surface area contributed by atoms with Crippen LogP contribution < -0.4 is 5.32 Å². The molecule has 0 aliphatic rings. The number of allylic oxidation sites excluding steroid dienone is 3. The molecule has 0 aromatic carbocycles. The molecule has 0 rings (SSSR count). The molecule has 0 aliphatic carbocycles. The SMILES string of the molecule is CCCCC/C=C\CCCCCCCC(=O)OCCCCCCCCCCCCCCCCCCCCCCCCCC(=O)NC(CO)C(O)/C=C/CCCCCCCCCCCCCCC. The lowest BCUT2D eigenvalue weighted by Crippen LogP contribution is -2.45. The van der Waals surface area contributed by atoms with Gasteiger partial charge in [-0.1, -0.05) is 282 Å². The van der Waals surface area contributed by atoms with Crippen LogP contribution >= 0.6 is 0 Å². The van der Waals surface area contributed by atoms with E-state index in [0.29, 0.717) is 19.4 Å². The number of hydrogen-bond donors (Lipinski definition) is 3. The van der Waals surface area contributed by atoms with E-state index in [4.69, 9.17) is 4.74 Å². The molecule has 6 nitrogen and oxygen atoms in total. The van der Waals surface area contributed by atoms with Gasteiger partial charge in [0.1, 0.15) is 0 Å². The third kappa shape index (κ3) is 53.5. The third-order valence-electron chi connectivity index (χ3n) is 14.0. The van der Waals surface area contributed by atoms with E-state index in [1.807, 2.05) is 6.08 Å². The maximum atomic E-state index is 12.5. The minimum Gasteiger partial charge on any atom is -0.466 e. The van der Waals surface area contributed by atoms with E-state index in [-0.39, 0.29) is 18.5 Å². The van der Waals surface area contributed by atoms with Gasteiger partial charge in [-0.3, -0.25) is 9.59 Å². The highest BCUT2D eigenvalue weighted by Gasteiger charge is 2.18. The predicted octanol–water partition coefficient (Wildman–Crippen LogP) is 18.6. The topological polar surface area (TPSA) is 95.9 Å². The molecule has 0 bridgehead atoms. The standard InChI is InChI=1S/C61H117NO5/c1-3-5-7-9-11-13-15-17-27-30-33-37-41-45-49-53-59(64)58(57-63)62-60(65)54-50-46-42-38-34-31-28-25-23-21-19-18-20-22-24-26-29-32-36-40-44-48-52-56-67-61(66)55-51-47-43-39-35-16-14-12-10-8-6-4-2/h12,14,49,53,58-59,63-64H,3-11,13,15-48,50-52,54-57H2,1-2H3,(H,62,65)/b14-12-,53-49+. The Labute approximate surface area is 418 Å². The molecule has 0 heterocycles. The van der Waals surface area contributed by atoms with Crippen LogP contribution in [-0.4, -0.2) is 47.4 Å². The van der Waals surface area contributed by atoms with Gasteiger partial charge in [0.15, 0.2) is 0 Å². The zero-order valence-electron chi connectivity index (χ0n) is 45.1. The fourth-order valence-electron chi connectivity index (χ4n) is 9.34. The van der Waals surface area contributed by atoms with Crippen LogP contribution in [0.1, 0.15) is 328 Å². The quantitative estimate of drug-likeness (QED) is 0.0321. The number of amides is 1. The summed E-state index contributed by atoms with van der Waals surface area (Å²) in [6.07, 6.45) is 69.2. The van der Waals surface area contributed by atoms with Crippen molar-refractivity contribution >= 4 is 11.9 Å². The summed E-state index contributed by atoms with van der Waals surface area (Å²) in [7, 11) is 0. The maximum Gasteiger partial charge on any atom is 0.305 e. The molecule has 0 aromatic rings. The van der Waals surface area contributed by atoms with Crippen LogP contribution in [0, 0.1) is 0 Å². The molecule has 0 saturated carbocycles. The third-order valence-corrected chi connectivity index (χ3v) is 14.0. The van der Waals surface area contributed by atoms with Gasteiger partial charge in [0.05, 0.1) is 25.4 Å². The Morgan fingerprint density at radius 1 is 0.403 bits per heavy atom. The van der Waals surface area contributed by atoms with Gasteiger partial charge in [-0.2, -0.15) is 0 Å². The van der Waals surface area contributed by atoms with Crippen LogP contribution in [0.25, 0.3) is 0 Å². The summed E-state index contributed by atoms with van der Waals surface area (Å²) in [6.45, 7) is 4.89. The van der Waals surface area contributed by atoms with Crippen LogP contribution in [0.2, 0.25) is 0 Å². The van der Waals surface area contributed by atoms with Crippen molar-refractivity contribution in [2.75, 3.05) is 13.2 Å². The van der Waals surface area contributed by atoms with E-state index in [9.17, 15) is 19.8 Å². The van der Waals surface area contributed by atoms with Crippen molar-refractivity contribution < 1.29 is 24.5 Å². The summed E-state index contributed by atoms with van der Waals surface area (Å²) in [6, 6.07) is -0.627. The molecule has 2 atom stereocenters. The van der Waals surface area contributed by atoms with E-state index < -0.39 is 12.1 Å². The van der Waals surface area contributed by atoms with Gasteiger partial charge in [-0.05, 0) is 57.8 Å². The van der Waals surface area contributed by atoms with Gasteiger partial charge in [-0.25, -0.2) is 0 Å². The van der Waals surface area contributed by atoms with Gasteiger partial charge < -0.3 is 20.3 Å². The highest BCUT2D eigenvalue weighted by Crippen LogP contribution is 2.17. The Morgan fingerprint density at radius 3 is 1.09 bits per heavy atom. The summed E-state index contributed by atoms with van der Waals surface area (Å²) in [4.78, 5) is 24.5. The van der Waals surface area contributed by atoms with E-state index in [0.717, 1.165) is 44.9 Å². The van der Waals surface area contributed by atoms with Crippen molar-refractivity contribution in [1.29, 1.82) is 0 Å². The number of nitrogens with one attached hydrogen (secondary N) is 1. The molecule has 0 aliphatic heterocycles. The van der Waals surface area contributed by atoms with Gasteiger partial charge in [0.2, 0.25) is 5.91 Å². The van der Waals surface area contributed by atoms with E-state index in [1.165, 1.54) is 257 Å². The summed E-state index contributed by atoms with van der Waals surface area (Å²) in [5.74, 6) is -0.0621. The molecular formula is C61H117NO5. The van der Waals surface area contributed by atoms with Gasteiger partial charge in [0.25, 0.3) is 0 Å². The molecule has 0 saturated heterocycles. The molecule has 0 radical (unpaired) electrons. The van der Waals surface area contributed by atoms with Crippen LogP contribution in [-0.2, 0) is 14.3 Å². The molecule has 2 unspecified atom stereocenters. The number of aliphatic hydroxyl groups is 2. The zero-order chi connectivity index (χ0) is 48.6.